The van der Waals surface area contributed by atoms with Gasteiger partial charge in [0.15, 0.2) is 5.78 Å². The van der Waals surface area contributed by atoms with Crippen LogP contribution >= 0.6 is 0 Å². The van der Waals surface area contributed by atoms with E-state index in [1.54, 1.807) is 30.3 Å². The Labute approximate surface area is 350 Å². The third-order valence-corrected chi connectivity index (χ3v) is 11.3. The number of nitrogens with zero attached hydrogens (tertiary/aromatic N) is 3. The smallest absolute Gasteiger partial charge is 0.337 e. The van der Waals surface area contributed by atoms with Gasteiger partial charge in [0.2, 0.25) is 0 Å². The number of hydrogen-bond acceptors (Lipinski definition) is 11. The van der Waals surface area contributed by atoms with Crippen LogP contribution in [0.15, 0.2) is 77.9 Å². The molecule has 13 nitrogen and oxygen atoms in total. The minimum atomic E-state index is -0.375. The first-order valence-corrected chi connectivity index (χ1v) is 20.4. The Morgan fingerprint density at radius 3 is 1.77 bits per heavy atom. The van der Waals surface area contributed by atoms with Crippen LogP contribution in [0.2, 0.25) is 0 Å². The molecule has 0 bridgehead atoms. The number of esters is 3. The number of ketones is 1. The highest BCUT2D eigenvalue weighted by Crippen LogP contribution is 2.34. The summed E-state index contributed by atoms with van der Waals surface area (Å²) in [5, 5.41) is 22.5. The van der Waals surface area contributed by atoms with Crippen LogP contribution < -0.4 is 5.73 Å². The average molecular weight is 819 g/mol. The number of aliphatic hydroxyl groups excluding tert-OH is 2. The molecular formula is C47H54N4O9. The molecule has 0 heterocycles. The van der Waals surface area contributed by atoms with E-state index in [4.69, 9.17) is 16.4 Å². The number of aliphatic hydroxyl groups is 2. The van der Waals surface area contributed by atoms with Gasteiger partial charge in [-0.25, -0.2) is 14.4 Å². The lowest BCUT2D eigenvalue weighted by molar-refractivity contribution is 0.0591. The van der Waals surface area contributed by atoms with Crippen LogP contribution in [0.25, 0.3) is 10.4 Å². The molecule has 0 radical (unpaired) electrons. The van der Waals surface area contributed by atoms with E-state index >= 15 is 0 Å². The van der Waals surface area contributed by atoms with E-state index in [0.717, 1.165) is 103 Å². The number of hydrogen-bond donors (Lipinski definition) is 3. The van der Waals surface area contributed by atoms with Gasteiger partial charge < -0.3 is 30.2 Å². The van der Waals surface area contributed by atoms with Crippen LogP contribution in [0.3, 0.4) is 0 Å². The molecule has 4 aromatic rings. The van der Waals surface area contributed by atoms with Crippen molar-refractivity contribution in [1.29, 1.82) is 0 Å². The van der Waals surface area contributed by atoms with Gasteiger partial charge in [-0.05, 0) is 157 Å². The number of fused-ring (bicyclic) bond motifs is 4. The molecule has 0 spiro atoms. The lowest BCUT2D eigenvalue weighted by atomic mass is 9.87. The van der Waals surface area contributed by atoms with E-state index in [2.05, 4.69) is 36.4 Å². The minimum absolute atomic E-state index is 0.101. The van der Waals surface area contributed by atoms with Crippen LogP contribution in [0, 0.1) is 0 Å². The highest BCUT2D eigenvalue weighted by Gasteiger charge is 2.22. The number of methoxy groups -OCH3 is 3. The molecule has 0 unspecified atom stereocenters. The molecule has 3 atom stereocenters. The summed E-state index contributed by atoms with van der Waals surface area (Å²) < 4.78 is 14.0. The summed E-state index contributed by atoms with van der Waals surface area (Å²) in [5.41, 5.74) is 25.6. The molecule has 0 saturated carbocycles. The van der Waals surface area contributed by atoms with Crippen LogP contribution in [0.4, 0.5) is 0 Å². The normalized spacial score (nSPS) is 18.2. The first-order chi connectivity index (χ1) is 29.0. The molecule has 0 aromatic heterocycles. The van der Waals surface area contributed by atoms with Gasteiger partial charge in [0.1, 0.15) is 0 Å². The second-order valence-electron chi connectivity index (χ2n) is 15.2. The maximum Gasteiger partial charge on any atom is 0.337 e. The van der Waals surface area contributed by atoms with Gasteiger partial charge in [0.05, 0.1) is 56.8 Å². The monoisotopic (exact) mass is 818 g/mol. The molecule has 4 aliphatic rings. The standard InChI is InChI=1S/C12H13N3O2.C12H14O3.C12H12O3.C11H15NO/c1-17-12(16)9-5-6-10-8(7-9)3-2-4-11(10)14-15-13;2*1-15-12(14)9-5-6-10-8(7-9)3-2-4-11(10)13;12-11-3-1-2-9-6-8(7-13)4-5-10(9)11/h5-7,11H,2-4H2,1H3;5-7,11,13H,2-4H2,1H3;5-7H,2-4H2,1H3;4-6,11,13H,1-3,7,12H2/t2*11-;;11-/m10.1/s1. The molecule has 316 valence electrons. The van der Waals surface area contributed by atoms with Gasteiger partial charge in [0, 0.05) is 22.9 Å². The molecule has 4 aliphatic carbocycles. The SMILES string of the molecule is COC(=O)c1ccc2c(c1)CCCC2=O.COC(=O)c1ccc2c(c1)CCC[C@@H]2O.COC(=O)c1ccc2c(c1)CCC[C@H]2N=[N+]=[N-].N[C@@H]1CCCc2cc(CO)ccc21. The molecule has 0 saturated heterocycles. The van der Waals surface area contributed by atoms with Gasteiger partial charge in [-0.15, -0.1) is 0 Å². The highest BCUT2D eigenvalue weighted by molar-refractivity contribution is 6.00. The van der Waals surface area contributed by atoms with Gasteiger partial charge in [-0.1, -0.05) is 41.5 Å². The van der Waals surface area contributed by atoms with Crippen LogP contribution in [-0.2, 0) is 46.5 Å². The van der Waals surface area contributed by atoms with Crippen LogP contribution in [0.5, 0.6) is 0 Å². The number of nitrogens with two attached hydrogens (primary N) is 1. The zero-order valence-corrected chi connectivity index (χ0v) is 34.5. The number of ether oxygens (including phenoxy) is 3. The first-order valence-electron chi connectivity index (χ1n) is 20.4. The Morgan fingerprint density at radius 1 is 0.667 bits per heavy atom. The molecule has 13 heteroatoms. The Balaban J connectivity index is 0.000000152. The van der Waals surface area contributed by atoms with Crippen LogP contribution in [0.1, 0.15) is 155 Å². The Kier molecular flexibility index (Phi) is 16.5. The zero-order chi connectivity index (χ0) is 43.2. The number of benzene rings is 4. The number of Topliss-reactive ketones (excluding diaryl/α,β-unsaturated/α-hetero) is 1. The van der Waals surface area contributed by atoms with Crippen molar-refractivity contribution in [3.63, 3.8) is 0 Å². The van der Waals surface area contributed by atoms with E-state index in [-0.39, 0.29) is 48.5 Å². The van der Waals surface area contributed by atoms with Crippen LogP contribution in [-0.4, -0.2) is 55.2 Å². The second kappa shape index (κ2) is 22.0. The van der Waals surface area contributed by atoms with Crippen molar-refractivity contribution in [2.24, 2.45) is 10.8 Å². The molecule has 4 aromatic carbocycles. The fourth-order valence-electron chi connectivity index (χ4n) is 8.14. The molecule has 0 amide bonds. The van der Waals surface area contributed by atoms with Crippen molar-refractivity contribution >= 4 is 23.7 Å². The Hall–Kier alpha value is -5.85. The average Bonchev–Trinajstić information content (AvgIpc) is 3.28. The van der Waals surface area contributed by atoms with Crippen molar-refractivity contribution in [3.8, 4) is 0 Å². The summed E-state index contributed by atoms with van der Waals surface area (Å²) in [4.78, 5) is 48.4. The lowest BCUT2D eigenvalue weighted by Gasteiger charge is -2.22. The summed E-state index contributed by atoms with van der Waals surface area (Å²) in [6, 6.07) is 22.1. The fourth-order valence-corrected chi connectivity index (χ4v) is 8.14. The van der Waals surface area contributed by atoms with Crippen molar-refractivity contribution in [2.45, 2.75) is 102 Å². The number of rotatable bonds is 5. The predicted octanol–water partition coefficient (Wildman–Crippen LogP) is 8.51. The third kappa shape index (κ3) is 11.5. The van der Waals surface area contributed by atoms with Crippen molar-refractivity contribution in [1.82, 2.24) is 0 Å². The largest absolute Gasteiger partial charge is 0.465 e. The maximum atomic E-state index is 11.5. The van der Waals surface area contributed by atoms with E-state index in [1.807, 2.05) is 30.3 Å². The van der Waals surface area contributed by atoms with E-state index in [0.29, 0.717) is 23.1 Å². The Morgan fingerprint density at radius 2 is 1.17 bits per heavy atom. The molecular weight excluding hydrogens is 765 g/mol. The Bertz CT molecular complexity index is 2230. The van der Waals surface area contributed by atoms with Gasteiger partial charge in [0.25, 0.3) is 0 Å². The number of aryl methyl sites for hydroxylation is 4. The number of azide groups is 1. The number of carbonyl (C=O) groups is 4. The van der Waals surface area contributed by atoms with E-state index in [1.165, 1.54) is 38.9 Å². The zero-order valence-electron chi connectivity index (χ0n) is 34.5. The van der Waals surface area contributed by atoms with E-state index in [9.17, 15) is 24.3 Å². The topological polar surface area (TPSA) is 211 Å². The van der Waals surface area contributed by atoms with Gasteiger partial charge in [-0.3, -0.25) is 4.79 Å². The third-order valence-electron chi connectivity index (χ3n) is 11.3. The summed E-state index contributed by atoms with van der Waals surface area (Å²) in [6.45, 7) is 0.127. The summed E-state index contributed by atoms with van der Waals surface area (Å²) >= 11 is 0. The fraction of sp³-hybridized carbons (Fsp3) is 0.404. The van der Waals surface area contributed by atoms with E-state index < -0.39 is 0 Å². The summed E-state index contributed by atoms with van der Waals surface area (Å²) in [7, 11) is 4.09. The predicted molar refractivity (Wildman–Crippen MR) is 226 cm³/mol. The highest BCUT2D eigenvalue weighted by atomic mass is 16.5. The van der Waals surface area contributed by atoms with Gasteiger partial charge in [-0.2, -0.15) is 0 Å². The molecule has 60 heavy (non-hydrogen) atoms. The molecule has 0 aliphatic heterocycles. The van der Waals surface area contributed by atoms with Crippen molar-refractivity contribution in [2.75, 3.05) is 21.3 Å². The lowest BCUT2D eigenvalue weighted by Crippen LogP contribution is -2.17. The first kappa shape index (κ1) is 45.2. The molecule has 8 rings (SSSR count). The second-order valence-corrected chi connectivity index (χ2v) is 15.2. The quantitative estimate of drug-likeness (QED) is 0.0574. The van der Waals surface area contributed by atoms with Crippen molar-refractivity contribution < 1.29 is 43.6 Å². The molecule has 4 N–H and O–H groups in total. The van der Waals surface area contributed by atoms with Gasteiger partial charge >= 0.3 is 17.9 Å². The number of carbonyl (C=O) groups excluding carboxylic acids is 4. The summed E-state index contributed by atoms with van der Waals surface area (Å²) in [5.74, 6) is -0.833. The molecule has 0 fully saturated rings. The maximum absolute atomic E-state index is 11.5. The summed E-state index contributed by atoms with van der Waals surface area (Å²) in [6.07, 6.45) is 10.8. The van der Waals surface area contributed by atoms with Crippen molar-refractivity contribution in [3.05, 3.63) is 150 Å². The minimum Gasteiger partial charge on any atom is -0.465 e.